The number of pyridine rings is 2. The molecule has 2 aliphatic heterocycles. The van der Waals surface area contributed by atoms with E-state index in [1.54, 1.807) is 0 Å². The van der Waals surface area contributed by atoms with Crippen molar-refractivity contribution in [3.05, 3.63) is 108 Å². The predicted molar refractivity (Wildman–Crippen MR) is 152 cm³/mol. The first-order valence-electron chi connectivity index (χ1n) is 12.6. The van der Waals surface area contributed by atoms with Crippen LogP contribution < -0.4 is 33.9 Å². The van der Waals surface area contributed by atoms with Gasteiger partial charge in [-0.05, 0) is 71.8 Å². The van der Waals surface area contributed by atoms with Gasteiger partial charge in [0.2, 0.25) is 0 Å². The van der Waals surface area contributed by atoms with Crippen molar-refractivity contribution < 1.29 is 33.9 Å². The number of hydrogen-bond donors (Lipinski definition) is 2. The average Bonchev–Trinajstić information content (AvgIpc) is 3.72. The molecule has 0 spiro atoms. The third-order valence-electron chi connectivity index (χ3n) is 6.93. The van der Waals surface area contributed by atoms with Crippen molar-refractivity contribution in [1.29, 1.82) is 0 Å². The van der Waals surface area contributed by atoms with E-state index in [4.69, 9.17) is 9.97 Å². The van der Waals surface area contributed by atoms with E-state index >= 15 is 0 Å². The molecule has 5 aromatic heterocycles. The van der Waals surface area contributed by atoms with Crippen molar-refractivity contribution in [2.24, 2.45) is 14.1 Å². The van der Waals surface area contributed by atoms with Crippen LogP contribution in [0.15, 0.2) is 85.5 Å². The number of rotatable bonds is 2. The molecule has 0 fully saturated rings. The van der Waals surface area contributed by atoms with E-state index in [-0.39, 0.29) is 24.8 Å². The standard InChI is InChI=1S/C32H25N6.2ClH/c1-37-15-11-21(12-16-37)31-27-7-5-25(34-27)19-23-3-4-24(33-23)20-26-6-8-28(35-26)32(30-10-9-29(31)36-30)22-13-17-38(2)18-14-22;;/h3-20H,1-2H3,(H,33,34,35,36);2*1H/q+1;;/p-1. The van der Waals surface area contributed by atoms with E-state index in [0.29, 0.717) is 0 Å². The normalized spacial score (nSPS) is 11.7. The molecule has 40 heavy (non-hydrogen) atoms. The van der Waals surface area contributed by atoms with Crippen LogP contribution in [-0.2, 0) is 14.1 Å². The Morgan fingerprint density at radius 1 is 0.525 bits per heavy atom. The first kappa shape index (κ1) is 27.1. The molecule has 2 N–H and O–H groups in total. The second kappa shape index (κ2) is 10.9. The molecule has 2 aliphatic rings. The zero-order chi connectivity index (χ0) is 25.6. The van der Waals surface area contributed by atoms with Gasteiger partial charge in [-0.25, -0.2) is 19.1 Å². The lowest BCUT2D eigenvalue weighted by atomic mass is 10.0. The molecule has 0 unspecified atom stereocenters. The molecule has 0 radical (unpaired) electrons. The van der Waals surface area contributed by atoms with Gasteiger partial charge in [-0.15, -0.1) is 0 Å². The summed E-state index contributed by atoms with van der Waals surface area (Å²) in [6.07, 6.45) is 16.6. The molecular weight excluding hydrogens is 539 g/mol. The van der Waals surface area contributed by atoms with E-state index in [9.17, 15) is 0 Å². The van der Waals surface area contributed by atoms with Gasteiger partial charge in [0.15, 0.2) is 24.8 Å². The molecule has 6 nitrogen and oxygen atoms in total. The summed E-state index contributed by atoms with van der Waals surface area (Å²) in [5.41, 5.74) is 11.9. The van der Waals surface area contributed by atoms with Crippen molar-refractivity contribution >= 4 is 46.4 Å². The number of aryl methyl sites for hydroxylation is 2. The van der Waals surface area contributed by atoms with Crippen molar-refractivity contribution in [2.45, 2.75) is 0 Å². The second-order valence-electron chi connectivity index (χ2n) is 9.71. The van der Waals surface area contributed by atoms with Crippen molar-refractivity contribution in [2.75, 3.05) is 0 Å². The summed E-state index contributed by atoms with van der Waals surface area (Å²) >= 11 is 0. The van der Waals surface area contributed by atoms with Gasteiger partial charge in [0.1, 0.15) is 14.1 Å². The fourth-order valence-electron chi connectivity index (χ4n) is 5.01. The highest BCUT2D eigenvalue weighted by molar-refractivity contribution is 5.94. The minimum Gasteiger partial charge on any atom is -1.00 e. The van der Waals surface area contributed by atoms with Crippen LogP contribution >= 0.6 is 0 Å². The summed E-state index contributed by atoms with van der Waals surface area (Å²) in [5.74, 6) is 0. The van der Waals surface area contributed by atoms with Crippen LogP contribution in [-0.4, -0.2) is 19.9 Å². The van der Waals surface area contributed by atoms with Crippen molar-refractivity contribution in [3.8, 4) is 22.3 Å². The highest BCUT2D eigenvalue weighted by Gasteiger charge is 2.17. The van der Waals surface area contributed by atoms with Crippen molar-refractivity contribution in [3.63, 3.8) is 0 Å². The summed E-state index contributed by atoms with van der Waals surface area (Å²) in [6.45, 7) is 0. The van der Waals surface area contributed by atoms with Crippen LogP contribution in [0, 0.1) is 0 Å². The Hall–Kier alpha value is -4.52. The van der Waals surface area contributed by atoms with E-state index < -0.39 is 0 Å². The van der Waals surface area contributed by atoms with Gasteiger partial charge in [0.05, 0.1) is 22.8 Å². The zero-order valence-corrected chi connectivity index (χ0v) is 23.4. The number of halogens is 2. The van der Waals surface area contributed by atoms with E-state index in [1.165, 1.54) is 0 Å². The largest absolute Gasteiger partial charge is 1.00 e. The Bertz CT molecular complexity index is 1930. The summed E-state index contributed by atoms with van der Waals surface area (Å²) in [6, 6.07) is 21.1. The lowest BCUT2D eigenvalue weighted by Crippen LogP contribution is -3.00. The van der Waals surface area contributed by atoms with Crippen LogP contribution in [0.25, 0.3) is 68.6 Å². The summed E-state index contributed by atoms with van der Waals surface area (Å²) in [7, 11) is 4.05. The van der Waals surface area contributed by atoms with Crippen LogP contribution in [0.3, 0.4) is 0 Å². The van der Waals surface area contributed by atoms with Gasteiger partial charge in [-0.3, -0.25) is 0 Å². The van der Waals surface area contributed by atoms with Crippen LogP contribution in [0.1, 0.15) is 22.8 Å². The summed E-state index contributed by atoms with van der Waals surface area (Å²) in [5, 5.41) is 0. The van der Waals surface area contributed by atoms with Crippen LogP contribution in [0.5, 0.6) is 0 Å². The topological polar surface area (TPSA) is 65.1 Å². The van der Waals surface area contributed by atoms with Gasteiger partial charge in [0.25, 0.3) is 0 Å². The summed E-state index contributed by atoms with van der Waals surface area (Å²) < 4.78 is 4.07. The monoisotopic (exact) mass is 564 g/mol. The van der Waals surface area contributed by atoms with E-state index in [0.717, 1.165) is 67.1 Å². The molecule has 7 heterocycles. The number of aromatic nitrogens is 6. The lowest BCUT2D eigenvalue weighted by molar-refractivity contribution is -0.671. The number of aromatic amines is 2. The highest BCUT2D eigenvalue weighted by Crippen LogP contribution is 2.34. The highest BCUT2D eigenvalue weighted by atomic mass is 35.5. The molecule has 5 aromatic rings. The predicted octanol–water partition coefficient (Wildman–Crippen LogP) is -0.353. The Morgan fingerprint density at radius 3 is 1.70 bits per heavy atom. The SMILES string of the molecule is C[n+]1ccc(-c2c3nc(cc4ccc(cc5ccc([nH]5)c(-c5cc[n+](C)cc5)c5nc2C=C5)[nH]4)C=C3)cc1.[Cl-].[Cl-]. The molecule has 0 aliphatic carbocycles. The molecule has 8 bridgehead atoms. The molecule has 0 atom stereocenters. The van der Waals surface area contributed by atoms with Crippen LogP contribution in [0.2, 0.25) is 0 Å². The van der Waals surface area contributed by atoms with Gasteiger partial charge >= 0.3 is 0 Å². The number of nitrogens with zero attached hydrogens (tertiary/aromatic N) is 4. The number of H-pyrrole nitrogens is 2. The van der Waals surface area contributed by atoms with Gasteiger partial charge in [0, 0.05) is 57.5 Å². The maximum Gasteiger partial charge on any atom is 0.169 e. The Kier molecular flexibility index (Phi) is 7.39. The quantitative estimate of drug-likeness (QED) is 0.282. The molecule has 198 valence electrons. The maximum absolute atomic E-state index is 5.20. The fraction of sp³-hybridized carbons (Fsp3) is 0.0625. The first-order valence-corrected chi connectivity index (χ1v) is 12.6. The third kappa shape index (κ3) is 5.07. The molecule has 0 aromatic carbocycles. The zero-order valence-electron chi connectivity index (χ0n) is 21.9. The Morgan fingerprint density at radius 2 is 1.02 bits per heavy atom. The Labute approximate surface area is 244 Å². The van der Waals surface area contributed by atoms with Crippen LogP contribution in [0.4, 0.5) is 0 Å². The van der Waals surface area contributed by atoms with Gasteiger partial charge < -0.3 is 34.8 Å². The molecule has 8 heteroatoms. The smallest absolute Gasteiger partial charge is 0.169 e. The first-order chi connectivity index (χ1) is 18.6. The minimum absolute atomic E-state index is 0. The minimum atomic E-state index is 0. The fourth-order valence-corrected chi connectivity index (χ4v) is 5.01. The van der Waals surface area contributed by atoms with Crippen molar-refractivity contribution in [1.82, 2.24) is 19.9 Å². The summed E-state index contributed by atoms with van der Waals surface area (Å²) in [4.78, 5) is 17.3. The number of nitrogens with one attached hydrogen (secondary N) is 2. The number of hydrogen-bond acceptors (Lipinski definition) is 2. The number of fused-ring (bicyclic) bond motifs is 8. The average molecular weight is 566 g/mol. The molecule has 7 rings (SSSR count). The van der Waals surface area contributed by atoms with E-state index in [1.807, 2.05) is 23.2 Å². The maximum atomic E-state index is 5.20. The van der Waals surface area contributed by atoms with E-state index in [2.05, 4.69) is 120 Å². The lowest BCUT2D eigenvalue weighted by Gasteiger charge is -2.05. The second-order valence-corrected chi connectivity index (χ2v) is 9.71. The molecule has 0 saturated carbocycles. The molecule has 0 amide bonds. The Balaban J connectivity index is 0.00000161. The third-order valence-corrected chi connectivity index (χ3v) is 6.93. The van der Waals surface area contributed by atoms with Gasteiger partial charge in [-0.2, -0.15) is 0 Å². The molecule has 0 saturated heterocycles. The molecular formula is C32H26Cl2N6. The van der Waals surface area contributed by atoms with Gasteiger partial charge in [-0.1, -0.05) is 0 Å².